The van der Waals surface area contributed by atoms with Gasteiger partial charge in [0.1, 0.15) is 5.82 Å². The van der Waals surface area contributed by atoms with Crippen molar-refractivity contribution in [2.24, 2.45) is 5.73 Å². The lowest BCUT2D eigenvalue weighted by Gasteiger charge is -2.15. The fraction of sp³-hybridized carbons (Fsp3) is 0.143. The molecule has 0 aliphatic carbocycles. The van der Waals surface area contributed by atoms with Crippen LogP contribution in [0.2, 0.25) is 0 Å². The van der Waals surface area contributed by atoms with Crippen LogP contribution in [-0.4, -0.2) is 0 Å². The van der Waals surface area contributed by atoms with Crippen molar-refractivity contribution in [3.8, 4) is 0 Å². The Bertz CT molecular complexity index is 519. The Labute approximate surface area is 114 Å². The van der Waals surface area contributed by atoms with E-state index in [0.717, 1.165) is 20.3 Å². The summed E-state index contributed by atoms with van der Waals surface area (Å²) in [6.45, 7) is 1.87. The quantitative estimate of drug-likeness (QED) is 0.827. The van der Waals surface area contributed by atoms with Gasteiger partial charge in [-0.3, -0.25) is 0 Å². The molecule has 0 saturated carbocycles. The fourth-order valence-electron chi connectivity index (χ4n) is 1.85. The smallest absolute Gasteiger partial charge is 0.123 e. The van der Waals surface area contributed by atoms with Crippen LogP contribution in [0.4, 0.5) is 4.39 Å². The number of rotatable bonds is 2. The minimum atomic E-state index is -0.280. The molecule has 0 radical (unpaired) electrons. The first-order valence-corrected chi connectivity index (χ1v) is 6.43. The second kappa shape index (κ2) is 5.14. The molecule has 1 atom stereocenters. The number of halogens is 2. The third kappa shape index (κ3) is 2.84. The lowest BCUT2D eigenvalue weighted by molar-refractivity contribution is 0.622. The number of hydrogen-bond acceptors (Lipinski definition) is 1. The summed E-state index contributed by atoms with van der Waals surface area (Å²) in [6, 6.07) is 12.5. The molecule has 0 aliphatic heterocycles. The van der Waals surface area contributed by atoms with Gasteiger partial charge in [0.15, 0.2) is 0 Å². The highest BCUT2D eigenvalue weighted by Crippen LogP contribution is 2.25. The van der Waals surface area contributed by atoms with Crippen LogP contribution in [0.1, 0.15) is 22.7 Å². The summed E-state index contributed by atoms with van der Waals surface area (Å²) in [7, 11) is 0. The van der Waals surface area contributed by atoms with E-state index in [1.807, 2.05) is 37.3 Å². The SMILES string of the molecule is Cc1cc(F)cc(C(N)c2ccccc2I)c1. The van der Waals surface area contributed by atoms with Crippen molar-refractivity contribution >= 4 is 22.6 Å². The molecular formula is C14H13FIN. The van der Waals surface area contributed by atoms with Crippen LogP contribution in [0, 0.1) is 16.3 Å². The number of hydrogen-bond donors (Lipinski definition) is 1. The zero-order valence-electron chi connectivity index (χ0n) is 9.45. The molecule has 2 N–H and O–H groups in total. The van der Waals surface area contributed by atoms with E-state index in [0.29, 0.717) is 0 Å². The molecule has 2 rings (SSSR count). The van der Waals surface area contributed by atoms with E-state index in [2.05, 4.69) is 22.6 Å². The molecule has 0 fully saturated rings. The summed E-state index contributed by atoms with van der Waals surface area (Å²) in [5, 5.41) is 0. The Kier molecular flexibility index (Phi) is 3.79. The fourth-order valence-corrected chi connectivity index (χ4v) is 2.57. The maximum Gasteiger partial charge on any atom is 0.123 e. The van der Waals surface area contributed by atoms with Gasteiger partial charge in [0.05, 0.1) is 6.04 Å². The molecule has 0 amide bonds. The maximum absolute atomic E-state index is 13.3. The van der Waals surface area contributed by atoms with Crippen LogP contribution in [0.5, 0.6) is 0 Å². The molecule has 1 nitrogen and oxygen atoms in total. The number of aryl methyl sites for hydroxylation is 1. The van der Waals surface area contributed by atoms with E-state index in [9.17, 15) is 4.39 Å². The maximum atomic E-state index is 13.3. The first-order valence-electron chi connectivity index (χ1n) is 5.35. The summed E-state index contributed by atoms with van der Waals surface area (Å²) in [5.74, 6) is -0.235. The molecule has 17 heavy (non-hydrogen) atoms. The van der Waals surface area contributed by atoms with Crippen LogP contribution >= 0.6 is 22.6 Å². The first-order chi connectivity index (χ1) is 8.08. The molecule has 3 heteroatoms. The van der Waals surface area contributed by atoms with E-state index in [1.165, 1.54) is 12.1 Å². The van der Waals surface area contributed by atoms with E-state index >= 15 is 0 Å². The Morgan fingerprint density at radius 1 is 1.18 bits per heavy atom. The Balaban J connectivity index is 2.43. The number of benzene rings is 2. The lowest BCUT2D eigenvalue weighted by Crippen LogP contribution is -2.13. The largest absolute Gasteiger partial charge is 0.320 e. The van der Waals surface area contributed by atoms with Crippen LogP contribution < -0.4 is 5.73 Å². The van der Waals surface area contributed by atoms with Gasteiger partial charge >= 0.3 is 0 Å². The summed E-state index contributed by atoms with van der Waals surface area (Å²) in [5.41, 5.74) is 8.91. The molecule has 2 aromatic carbocycles. The Morgan fingerprint density at radius 2 is 1.88 bits per heavy atom. The van der Waals surface area contributed by atoms with Crippen molar-refractivity contribution in [3.63, 3.8) is 0 Å². The summed E-state index contributed by atoms with van der Waals surface area (Å²) < 4.78 is 14.4. The first kappa shape index (κ1) is 12.5. The van der Waals surface area contributed by atoms with Gasteiger partial charge in [-0.05, 0) is 64.4 Å². The Morgan fingerprint density at radius 3 is 2.53 bits per heavy atom. The normalized spacial score (nSPS) is 12.5. The Hall–Kier alpha value is -0.940. The second-order valence-electron chi connectivity index (χ2n) is 4.06. The van der Waals surface area contributed by atoms with Crippen LogP contribution in [0.15, 0.2) is 42.5 Å². The van der Waals surface area contributed by atoms with E-state index < -0.39 is 0 Å². The van der Waals surface area contributed by atoms with Crippen molar-refractivity contribution in [1.82, 2.24) is 0 Å². The van der Waals surface area contributed by atoms with Crippen molar-refractivity contribution in [2.75, 3.05) is 0 Å². The van der Waals surface area contributed by atoms with Gasteiger partial charge in [0.2, 0.25) is 0 Å². The van der Waals surface area contributed by atoms with Crippen LogP contribution in [0.3, 0.4) is 0 Å². The molecular weight excluding hydrogens is 328 g/mol. The van der Waals surface area contributed by atoms with Gasteiger partial charge in [-0.1, -0.05) is 24.3 Å². The van der Waals surface area contributed by atoms with Crippen molar-refractivity contribution in [3.05, 3.63) is 68.5 Å². The van der Waals surface area contributed by atoms with Gasteiger partial charge < -0.3 is 5.73 Å². The van der Waals surface area contributed by atoms with Crippen molar-refractivity contribution < 1.29 is 4.39 Å². The van der Waals surface area contributed by atoms with Gasteiger partial charge in [-0.25, -0.2) is 4.39 Å². The summed E-state index contributed by atoms with van der Waals surface area (Å²) in [6.07, 6.45) is 0. The molecule has 88 valence electrons. The highest BCUT2D eigenvalue weighted by molar-refractivity contribution is 14.1. The van der Waals surface area contributed by atoms with Gasteiger partial charge in [-0.15, -0.1) is 0 Å². The molecule has 1 unspecified atom stereocenters. The molecule has 0 spiro atoms. The molecule has 2 aromatic rings. The average Bonchev–Trinajstić information content (AvgIpc) is 2.27. The minimum absolute atomic E-state index is 0.235. The number of nitrogens with two attached hydrogens (primary N) is 1. The van der Waals surface area contributed by atoms with Gasteiger partial charge in [0, 0.05) is 3.57 Å². The van der Waals surface area contributed by atoms with E-state index in [-0.39, 0.29) is 11.9 Å². The molecule has 0 aromatic heterocycles. The third-order valence-electron chi connectivity index (χ3n) is 2.66. The molecule has 0 aliphatic rings. The zero-order valence-corrected chi connectivity index (χ0v) is 11.6. The predicted molar refractivity (Wildman–Crippen MR) is 76.3 cm³/mol. The van der Waals surface area contributed by atoms with Gasteiger partial charge in [0.25, 0.3) is 0 Å². The predicted octanol–water partition coefficient (Wildman–Crippen LogP) is 3.79. The summed E-state index contributed by atoms with van der Waals surface area (Å²) >= 11 is 2.25. The van der Waals surface area contributed by atoms with Crippen molar-refractivity contribution in [1.29, 1.82) is 0 Å². The summed E-state index contributed by atoms with van der Waals surface area (Å²) in [4.78, 5) is 0. The van der Waals surface area contributed by atoms with Crippen LogP contribution in [-0.2, 0) is 0 Å². The topological polar surface area (TPSA) is 26.0 Å². The third-order valence-corrected chi connectivity index (χ3v) is 3.65. The lowest BCUT2D eigenvalue weighted by atomic mass is 9.98. The molecule has 0 saturated heterocycles. The highest BCUT2D eigenvalue weighted by atomic mass is 127. The molecule has 0 bridgehead atoms. The monoisotopic (exact) mass is 341 g/mol. The zero-order chi connectivity index (χ0) is 12.4. The highest BCUT2D eigenvalue weighted by Gasteiger charge is 2.12. The second-order valence-corrected chi connectivity index (χ2v) is 5.22. The van der Waals surface area contributed by atoms with E-state index in [4.69, 9.17) is 5.73 Å². The van der Waals surface area contributed by atoms with Crippen molar-refractivity contribution in [2.45, 2.75) is 13.0 Å². The molecule has 0 heterocycles. The van der Waals surface area contributed by atoms with Crippen LogP contribution in [0.25, 0.3) is 0 Å². The van der Waals surface area contributed by atoms with E-state index in [1.54, 1.807) is 0 Å². The minimum Gasteiger partial charge on any atom is -0.320 e. The average molecular weight is 341 g/mol. The van der Waals surface area contributed by atoms with Gasteiger partial charge in [-0.2, -0.15) is 0 Å². The standard InChI is InChI=1S/C14H13FIN/c1-9-6-10(8-11(15)7-9)14(17)12-4-2-3-5-13(12)16/h2-8,14H,17H2,1H3.